The highest BCUT2D eigenvalue weighted by Gasteiger charge is 2.42. The van der Waals surface area contributed by atoms with Crippen LogP contribution >= 0.6 is 11.6 Å². The molecule has 0 aromatic heterocycles. The van der Waals surface area contributed by atoms with Crippen LogP contribution in [0.25, 0.3) is 0 Å². The van der Waals surface area contributed by atoms with Crippen LogP contribution in [-0.2, 0) is 6.54 Å². The molecule has 1 unspecified atom stereocenters. The first-order valence-corrected chi connectivity index (χ1v) is 8.89. The third-order valence-corrected chi connectivity index (χ3v) is 5.53. The zero-order chi connectivity index (χ0) is 17.3. The maximum atomic E-state index is 13.6. The van der Waals surface area contributed by atoms with Crippen LogP contribution in [-0.4, -0.2) is 61.0 Å². The molecular formula is C18H25ClFN3O. The largest absolute Gasteiger partial charge is 0.331 e. The number of rotatable bonds is 2. The molecule has 4 nitrogen and oxygen atoms in total. The summed E-state index contributed by atoms with van der Waals surface area (Å²) in [6.07, 6.45) is 3.32. The minimum Gasteiger partial charge on any atom is -0.331 e. The quantitative estimate of drug-likeness (QED) is 0.814. The minimum atomic E-state index is -0.358. The Morgan fingerprint density at radius 2 is 2.08 bits per heavy atom. The Balaban J connectivity index is 1.63. The predicted octanol–water partition coefficient (Wildman–Crippen LogP) is 3.45. The molecule has 1 spiro atoms. The molecule has 1 atom stereocenters. The van der Waals surface area contributed by atoms with E-state index < -0.39 is 0 Å². The maximum Gasteiger partial charge on any atom is 0.319 e. The number of hydrogen-bond donors (Lipinski definition) is 0. The second kappa shape index (κ2) is 6.89. The van der Waals surface area contributed by atoms with E-state index in [9.17, 15) is 9.18 Å². The number of amides is 2. The highest BCUT2D eigenvalue weighted by Crippen LogP contribution is 2.39. The third kappa shape index (κ3) is 3.67. The summed E-state index contributed by atoms with van der Waals surface area (Å²) >= 11 is 5.76. The van der Waals surface area contributed by atoms with E-state index in [1.807, 2.05) is 11.0 Å². The number of hydrogen-bond acceptors (Lipinski definition) is 2. The van der Waals surface area contributed by atoms with Crippen LogP contribution in [0.15, 0.2) is 18.2 Å². The molecule has 0 radical (unpaired) electrons. The lowest BCUT2D eigenvalue weighted by Gasteiger charge is -2.41. The topological polar surface area (TPSA) is 26.8 Å². The van der Waals surface area contributed by atoms with E-state index in [1.54, 1.807) is 25.1 Å². The molecule has 0 aliphatic carbocycles. The summed E-state index contributed by atoms with van der Waals surface area (Å²) in [5.74, 6) is -0.358. The van der Waals surface area contributed by atoms with Gasteiger partial charge in [-0.25, -0.2) is 9.18 Å². The van der Waals surface area contributed by atoms with Crippen LogP contribution in [0.5, 0.6) is 0 Å². The number of piperidine rings is 1. The van der Waals surface area contributed by atoms with Crippen LogP contribution in [0.3, 0.4) is 0 Å². The van der Waals surface area contributed by atoms with E-state index >= 15 is 0 Å². The molecule has 132 valence electrons. The second-order valence-electron chi connectivity index (χ2n) is 7.41. The van der Waals surface area contributed by atoms with Crippen molar-refractivity contribution in [3.8, 4) is 0 Å². The summed E-state index contributed by atoms with van der Waals surface area (Å²) in [7, 11) is 3.61. The molecule has 2 amide bonds. The van der Waals surface area contributed by atoms with Gasteiger partial charge in [0.25, 0.3) is 0 Å². The molecule has 0 bridgehead atoms. The van der Waals surface area contributed by atoms with Gasteiger partial charge in [0.1, 0.15) is 5.82 Å². The lowest BCUT2D eigenvalue weighted by atomic mass is 9.79. The molecule has 1 aromatic carbocycles. The Bertz CT molecular complexity index is 624. The van der Waals surface area contributed by atoms with E-state index in [4.69, 9.17) is 11.6 Å². The molecule has 0 N–H and O–H groups in total. The van der Waals surface area contributed by atoms with Crippen molar-refractivity contribution in [3.05, 3.63) is 34.6 Å². The molecule has 3 rings (SSSR count). The molecule has 2 aliphatic rings. The second-order valence-corrected chi connectivity index (χ2v) is 7.82. The van der Waals surface area contributed by atoms with Crippen molar-refractivity contribution < 1.29 is 9.18 Å². The molecular weight excluding hydrogens is 329 g/mol. The van der Waals surface area contributed by atoms with Gasteiger partial charge in [0.15, 0.2) is 0 Å². The summed E-state index contributed by atoms with van der Waals surface area (Å²) in [5, 5.41) is 0.168. The van der Waals surface area contributed by atoms with Crippen LogP contribution in [0.1, 0.15) is 24.8 Å². The first kappa shape index (κ1) is 17.5. The number of benzene rings is 1. The van der Waals surface area contributed by atoms with Crippen molar-refractivity contribution in [2.24, 2.45) is 5.41 Å². The zero-order valence-corrected chi connectivity index (χ0v) is 15.2. The summed E-state index contributed by atoms with van der Waals surface area (Å²) in [6, 6.07) is 5.14. The number of carbonyl (C=O) groups is 1. The SMILES string of the molecule is CN(C)C(=O)N1CCCC2(CCN(Cc3ccc(Cl)c(F)c3)C2)C1. The van der Waals surface area contributed by atoms with Crippen LogP contribution in [0.2, 0.25) is 5.02 Å². The fraction of sp³-hybridized carbons (Fsp3) is 0.611. The van der Waals surface area contributed by atoms with Crippen molar-refractivity contribution >= 4 is 17.6 Å². The van der Waals surface area contributed by atoms with Crippen molar-refractivity contribution in [3.63, 3.8) is 0 Å². The summed E-state index contributed by atoms with van der Waals surface area (Å²) < 4.78 is 13.6. The Kier molecular flexibility index (Phi) is 5.02. The van der Waals surface area contributed by atoms with E-state index in [-0.39, 0.29) is 22.3 Å². The molecule has 2 aliphatic heterocycles. The fourth-order valence-electron chi connectivity index (χ4n) is 4.05. The monoisotopic (exact) mass is 353 g/mol. The Hall–Kier alpha value is -1.33. The minimum absolute atomic E-state index is 0.104. The number of urea groups is 1. The van der Waals surface area contributed by atoms with Crippen molar-refractivity contribution in [2.45, 2.75) is 25.8 Å². The first-order chi connectivity index (χ1) is 11.4. The highest BCUT2D eigenvalue weighted by molar-refractivity contribution is 6.30. The summed E-state index contributed by atoms with van der Waals surface area (Å²) in [6.45, 7) is 4.37. The van der Waals surface area contributed by atoms with Gasteiger partial charge in [-0.15, -0.1) is 0 Å². The average Bonchev–Trinajstić information content (AvgIpc) is 2.92. The molecule has 24 heavy (non-hydrogen) atoms. The standard InChI is InChI=1S/C18H25ClFN3O/c1-21(2)17(24)23-8-3-6-18(13-23)7-9-22(12-18)11-14-4-5-15(19)16(20)10-14/h4-5,10H,3,6-9,11-13H2,1-2H3. The Morgan fingerprint density at radius 3 is 2.79 bits per heavy atom. The zero-order valence-electron chi connectivity index (χ0n) is 14.4. The fourth-order valence-corrected chi connectivity index (χ4v) is 4.16. The van der Waals surface area contributed by atoms with Crippen LogP contribution in [0.4, 0.5) is 9.18 Å². The third-order valence-electron chi connectivity index (χ3n) is 5.22. The van der Waals surface area contributed by atoms with Crippen molar-refractivity contribution in [1.82, 2.24) is 14.7 Å². The Morgan fingerprint density at radius 1 is 1.29 bits per heavy atom. The van der Waals surface area contributed by atoms with Gasteiger partial charge in [0.05, 0.1) is 5.02 Å². The number of carbonyl (C=O) groups excluding carboxylic acids is 1. The van der Waals surface area contributed by atoms with Crippen molar-refractivity contribution in [2.75, 3.05) is 40.3 Å². The van der Waals surface area contributed by atoms with Gasteiger partial charge in [0, 0.05) is 45.7 Å². The molecule has 6 heteroatoms. The molecule has 2 fully saturated rings. The van der Waals surface area contributed by atoms with E-state index in [2.05, 4.69) is 4.90 Å². The van der Waals surface area contributed by atoms with Gasteiger partial charge in [0.2, 0.25) is 0 Å². The maximum absolute atomic E-state index is 13.6. The molecule has 1 aromatic rings. The number of halogens is 2. The van der Waals surface area contributed by atoms with Gasteiger partial charge in [-0.05, 0) is 43.5 Å². The smallest absolute Gasteiger partial charge is 0.319 e. The highest BCUT2D eigenvalue weighted by atomic mass is 35.5. The molecule has 2 saturated heterocycles. The lowest BCUT2D eigenvalue weighted by molar-refractivity contribution is 0.0945. The average molecular weight is 354 g/mol. The van der Waals surface area contributed by atoms with Gasteiger partial charge < -0.3 is 9.80 Å². The van der Waals surface area contributed by atoms with E-state index in [0.29, 0.717) is 0 Å². The molecule has 2 heterocycles. The Labute approximate surface area is 148 Å². The van der Waals surface area contributed by atoms with Crippen molar-refractivity contribution in [1.29, 1.82) is 0 Å². The first-order valence-electron chi connectivity index (χ1n) is 8.51. The molecule has 0 saturated carbocycles. The lowest BCUT2D eigenvalue weighted by Crippen LogP contribution is -2.50. The normalized spacial score (nSPS) is 24.6. The van der Waals surface area contributed by atoms with Gasteiger partial charge in [-0.2, -0.15) is 0 Å². The van der Waals surface area contributed by atoms with Gasteiger partial charge in [-0.1, -0.05) is 17.7 Å². The summed E-state index contributed by atoms with van der Waals surface area (Å²) in [5.41, 5.74) is 1.14. The van der Waals surface area contributed by atoms with Crippen LogP contribution < -0.4 is 0 Å². The number of likely N-dealkylation sites (tertiary alicyclic amines) is 2. The van der Waals surface area contributed by atoms with Gasteiger partial charge in [-0.3, -0.25) is 4.90 Å². The van der Waals surface area contributed by atoms with E-state index in [0.717, 1.165) is 57.5 Å². The predicted molar refractivity (Wildman–Crippen MR) is 93.6 cm³/mol. The number of nitrogens with zero attached hydrogens (tertiary/aromatic N) is 3. The van der Waals surface area contributed by atoms with Gasteiger partial charge >= 0.3 is 6.03 Å². The van der Waals surface area contributed by atoms with Crippen LogP contribution in [0, 0.1) is 11.2 Å². The summed E-state index contributed by atoms with van der Waals surface area (Å²) in [4.78, 5) is 18.3. The van der Waals surface area contributed by atoms with E-state index in [1.165, 1.54) is 6.07 Å².